The highest BCUT2D eigenvalue weighted by atomic mass is 32.1. The molecule has 6 nitrogen and oxygen atoms in total. The van der Waals surface area contributed by atoms with Crippen LogP contribution in [0.2, 0.25) is 0 Å². The minimum atomic E-state index is -0.152. The van der Waals surface area contributed by atoms with Crippen molar-refractivity contribution in [2.45, 2.75) is 25.9 Å². The highest BCUT2D eigenvalue weighted by Crippen LogP contribution is 2.40. The van der Waals surface area contributed by atoms with Crippen molar-refractivity contribution in [2.24, 2.45) is 0 Å². The van der Waals surface area contributed by atoms with E-state index in [2.05, 4.69) is 17.1 Å². The number of amides is 1. The summed E-state index contributed by atoms with van der Waals surface area (Å²) in [5.41, 5.74) is 3.38. The molecule has 2 aromatic carbocycles. The molecule has 1 amide bonds. The molecule has 150 valence electrons. The molecule has 0 aliphatic carbocycles. The number of carbonyl (C=O) groups is 1. The van der Waals surface area contributed by atoms with Crippen LogP contribution in [0.3, 0.4) is 0 Å². The largest absolute Gasteiger partial charge is 0.489 e. The maximum atomic E-state index is 13.0. The van der Waals surface area contributed by atoms with Crippen molar-refractivity contribution in [1.82, 2.24) is 4.98 Å². The van der Waals surface area contributed by atoms with Crippen molar-refractivity contribution in [1.29, 1.82) is 0 Å². The van der Waals surface area contributed by atoms with E-state index in [9.17, 15) is 4.79 Å². The van der Waals surface area contributed by atoms with Crippen molar-refractivity contribution in [3.63, 3.8) is 0 Å². The van der Waals surface area contributed by atoms with Gasteiger partial charge in [-0.2, -0.15) is 0 Å². The lowest BCUT2D eigenvalue weighted by Crippen LogP contribution is -2.36. The zero-order chi connectivity index (χ0) is 20.0. The lowest BCUT2D eigenvalue weighted by atomic mass is 9.97. The van der Waals surface area contributed by atoms with Crippen molar-refractivity contribution in [2.75, 3.05) is 36.5 Å². The van der Waals surface area contributed by atoms with E-state index in [4.69, 9.17) is 14.5 Å². The van der Waals surface area contributed by atoms with Crippen molar-refractivity contribution >= 4 is 38.3 Å². The molecule has 3 heterocycles. The van der Waals surface area contributed by atoms with Gasteiger partial charge in [0.05, 0.1) is 29.0 Å². The van der Waals surface area contributed by atoms with Gasteiger partial charge < -0.3 is 19.7 Å². The summed E-state index contributed by atoms with van der Waals surface area (Å²) >= 11 is 1.64. The van der Waals surface area contributed by atoms with Gasteiger partial charge in [0, 0.05) is 30.3 Å². The first-order chi connectivity index (χ1) is 14.1. The van der Waals surface area contributed by atoms with Crippen molar-refractivity contribution in [3.05, 3.63) is 47.5 Å². The highest BCUT2D eigenvalue weighted by molar-refractivity contribution is 7.22. The topological polar surface area (TPSA) is 63.7 Å². The van der Waals surface area contributed by atoms with E-state index >= 15 is 0 Å². The van der Waals surface area contributed by atoms with Crippen LogP contribution in [-0.4, -0.2) is 43.3 Å². The van der Waals surface area contributed by atoms with Crippen LogP contribution < -0.4 is 15.0 Å². The average molecular weight is 410 g/mol. The third-order valence-corrected chi connectivity index (χ3v) is 6.78. The summed E-state index contributed by atoms with van der Waals surface area (Å²) in [5.74, 6) is 0.837. The summed E-state index contributed by atoms with van der Waals surface area (Å²) in [7, 11) is 0. The highest BCUT2D eigenvalue weighted by Gasteiger charge is 2.31. The van der Waals surface area contributed by atoms with Crippen LogP contribution in [0.5, 0.6) is 5.75 Å². The predicted octanol–water partition coefficient (Wildman–Crippen LogP) is 4.27. The van der Waals surface area contributed by atoms with E-state index in [1.165, 1.54) is 0 Å². The van der Waals surface area contributed by atoms with Gasteiger partial charge in [0.15, 0.2) is 5.13 Å². The Hall–Kier alpha value is -2.64. The second kappa shape index (κ2) is 7.31. The monoisotopic (exact) mass is 409 g/mol. The summed E-state index contributed by atoms with van der Waals surface area (Å²) in [5, 5.41) is 4.03. The molecule has 1 N–H and O–H groups in total. The van der Waals surface area contributed by atoms with E-state index in [1.54, 1.807) is 11.3 Å². The van der Waals surface area contributed by atoms with E-state index in [-0.39, 0.29) is 17.9 Å². The third kappa shape index (κ3) is 3.34. The molecule has 7 heteroatoms. The first kappa shape index (κ1) is 18.4. The summed E-state index contributed by atoms with van der Waals surface area (Å²) < 4.78 is 12.4. The molecular formula is C22H23N3O3S. The molecular weight excluding hydrogens is 386 g/mol. The molecule has 0 unspecified atom stereocenters. The number of nitrogens with one attached hydrogen (secondary N) is 1. The van der Waals surface area contributed by atoms with Gasteiger partial charge in [0.25, 0.3) is 5.91 Å². The molecule has 1 aromatic heterocycles. The fraction of sp³-hybridized carbons (Fsp3) is 0.364. The number of aromatic nitrogens is 1. The van der Waals surface area contributed by atoms with E-state index in [0.717, 1.165) is 52.9 Å². The number of nitrogens with zero attached hydrogens (tertiary/aromatic N) is 2. The van der Waals surface area contributed by atoms with Gasteiger partial charge in [-0.25, -0.2) is 4.98 Å². The number of benzene rings is 2. The van der Waals surface area contributed by atoms with Gasteiger partial charge in [0.2, 0.25) is 0 Å². The standard InChI is InChI=1S/C22H23N3O3S/c1-13-14(2)28-20-16(13)4-3-5-17(20)21(26)23-15-6-7-18-19(12-15)29-22(24-18)25-8-10-27-11-9-25/h3-7,12-14H,8-11H2,1-2H3,(H,23,26)/t13-,14+/m0/s1. The Morgan fingerprint density at radius 3 is 2.86 bits per heavy atom. The Morgan fingerprint density at radius 2 is 2.03 bits per heavy atom. The zero-order valence-corrected chi connectivity index (χ0v) is 17.3. The molecule has 2 aliphatic rings. The summed E-state index contributed by atoms with van der Waals surface area (Å²) in [6.45, 7) is 7.35. The normalized spacial score (nSPS) is 21.1. The van der Waals surface area contributed by atoms with Crippen LogP contribution in [0.25, 0.3) is 10.2 Å². The molecule has 1 fully saturated rings. The van der Waals surface area contributed by atoms with Gasteiger partial charge in [-0.05, 0) is 31.2 Å². The van der Waals surface area contributed by atoms with E-state index in [1.807, 2.05) is 43.3 Å². The SMILES string of the molecule is C[C@@H]1c2cccc(C(=O)Nc3ccc4nc(N5CCOCC5)sc4c3)c2O[C@@H]1C. The maximum absolute atomic E-state index is 13.0. The minimum absolute atomic E-state index is 0.0751. The summed E-state index contributed by atoms with van der Waals surface area (Å²) in [4.78, 5) is 19.9. The molecule has 1 saturated heterocycles. The van der Waals surface area contributed by atoms with Crippen LogP contribution in [0.4, 0.5) is 10.8 Å². The van der Waals surface area contributed by atoms with Crippen molar-refractivity contribution in [3.8, 4) is 5.75 Å². The summed E-state index contributed by atoms with van der Waals surface area (Å²) in [6, 6.07) is 11.6. The number of hydrogen-bond donors (Lipinski definition) is 1. The third-order valence-electron chi connectivity index (χ3n) is 5.71. The Bertz CT molecular complexity index is 1070. The molecule has 0 radical (unpaired) electrons. The first-order valence-electron chi connectivity index (χ1n) is 9.94. The molecule has 3 aromatic rings. The Morgan fingerprint density at radius 1 is 1.21 bits per heavy atom. The Labute approximate surface area is 173 Å². The Kier molecular flexibility index (Phi) is 4.64. The van der Waals surface area contributed by atoms with Crippen LogP contribution >= 0.6 is 11.3 Å². The first-order valence-corrected chi connectivity index (χ1v) is 10.8. The minimum Gasteiger partial charge on any atom is -0.489 e. The average Bonchev–Trinajstić information content (AvgIpc) is 3.29. The second-order valence-corrected chi connectivity index (χ2v) is 8.58. The van der Waals surface area contributed by atoms with Gasteiger partial charge in [-0.3, -0.25) is 4.79 Å². The molecule has 2 aliphatic heterocycles. The number of thiazole rings is 1. The lowest BCUT2D eigenvalue weighted by molar-refractivity contribution is 0.102. The van der Waals surface area contributed by atoms with Gasteiger partial charge in [-0.1, -0.05) is 30.4 Å². The van der Waals surface area contributed by atoms with Gasteiger partial charge >= 0.3 is 0 Å². The number of anilines is 2. The Balaban J connectivity index is 1.39. The number of ether oxygens (including phenoxy) is 2. The van der Waals surface area contributed by atoms with Gasteiger partial charge in [-0.15, -0.1) is 0 Å². The summed E-state index contributed by atoms with van der Waals surface area (Å²) in [6.07, 6.45) is 0.0751. The smallest absolute Gasteiger partial charge is 0.259 e. The van der Waals surface area contributed by atoms with Crippen molar-refractivity contribution < 1.29 is 14.3 Å². The predicted molar refractivity (Wildman–Crippen MR) is 116 cm³/mol. The molecule has 0 bridgehead atoms. The fourth-order valence-corrected chi connectivity index (χ4v) is 4.90. The molecule has 0 spiro atoms. The molecule has 0 saturated carbocycles. The second-order valence-electron chi connectivity index (χ2n) is 7.57. The van der Waals surface area contributed by atoms with E-state index < -0.39 is 0 Å². The van der Waals surface area contributed by atoms with E-state index in [0.29, 0.717) is 11.3 Å². The number of hydrogen-bond acceptors (Lipinski definition) is 6. The van der Waals surface area contributed by atoms with Crippen LogP contribution in [0.15, 0.2) is 36.4 Å². The van der Waals surface area contributed by atoms with Crippen LogP contribution in [0.1, 0.15) is 35.7 Å². The van der Waals surface area contributed by atoms with Gasteiger partial charge in [0.1, 0.15) is 11.9 Å². The number of rotatable bonds is 3. The molecule has 2 atom stereocenters. The molecule has 29 heavy (non-hydrogen) atoms. The number of carbonyl (C=O) groups excluding carboxylic acids is 1. The zero-order valence-electron chi connectivity index (χ0n) is 16.5. The number of para-hydroxylation sites is 1. The number of fused-ring (bicyclic) bond motifs is 2. The maximum Gasteiger partial charge on any atom is 0.259 e. The molecule has 5 rings (SSSR count). The van der Waals surface area contributed by atoms with Crippen LogP contribution in [-0.2, 0) is 4.74 Å². The number of morpholine rings is 1. The van der Waals surface area contributed by atoms with Crippen LogP contribution in [0, 0.1) is 0 Å². The lowest BCUT2D eigenvalue weighted by Gasteiger charge is -2.25. The fourth-order valence-electron chi connectivity index (χ4n) is 3.84. The quantitative estimate of drug-likeness (QED) is 0.700.